The number of benzene rings is 1. The molecule has 2 heterocycles. The maximum Gasteiger partial charge on any atom is 0.341 e. The van der Waals surface area contributed by atoms with Crippen LogP contribution in [0.2, 0.25) is 0 Å². The van der Waals surface area contributed by atoms with E-state index in [0.29, 0.717) is 5.69 Å². The number of anilines is 1. The van der Waals surface area contributed by atoms with E-state index < -0.39 is 41.9 Å². The summed E-state index contributed by atoms with van der Waals surface area (Å²) in [5.74, 6) is -3.62. The first-order chi connectivity index (χ1) is 15.6. The number of carbonyl (C=O) groups is 4. The van der Waals surface area contributed by atoms with Gasteiger partial charge in [0.1, 0.15) is 28.9 Å². The lowest BCUT2D eigenvalue weighted by Crippen LogP contribution is -2.51. The number of hydrogen-bond acceptors (Lipinski definition) is 9. The van der Waals surface area contributed by atoms with E-state index in [-0.39, 0.29) is 35.0 Å². The fraction of sp³-hybridized carbons (Fsp3) is 0.391. The summed E-state index contributed by atoms with van der Waals surface area (Å²) in [5.41, 5.74) is 4.10. The van der Waals surface area contributed by atoms with Crippen LogP contribution in [-0.4, -0.2) is 50.2 Å². The maximum atomic E-state index is 14.1. The monoisotopic (exact) mass is 458 g/mol. The number of para-hydroxylation sites is 1. The number of methoxy groups -OCH3 is 1. The van der Waals surface area contributed by atoms with Crippen LogP contribution < -0.4 is 10.6 Å². The molecule has 1 aromatic carbocycles. The average molecular weight is 458 g/mol. The highest BCUT2D eigenvalue weighted by molar-refractivity contribution is 6.23. The van der Waals surface area contributed by atoms with E-state index >= 15 is 0 Å². The highest BCUT2D eigenvalue weighted by atomic mass is 16.6. The smallest absolute Gasteiger partial charge is 0.341 e. The van der Waals surface area contributed by atoms with Crippen LogP contribution >= 0.6 is 0 Å². The predicted molar refractivity (Wildman–Crippen MR) is 115 cm³/mol. The van der Waals surface area contributed by atoms with Gasteiger partial charge in [0, 0.05) is 11.3 Å². The van der Waals surface area contributed by atoms with Crippen molar-refractivity contribution in [1.82, 2.24) is 0 Å². The summed E-state index contributed by atoms with van der Waals surface area (Å²) < 4.78 is 20.9. The number of ether oxygens (including phenoxy) is 4. The number of carbonyl (C=O) groups excluding carboxylic acids is 4. The second kappa shape index (κ2) is 8.97. The molecule has 0 aliphatic carbocycles. The Hall–Kier alpha value is -3.82. The zero-order chi connectivity index (χ0) is 24.5. The fourth-order valence-electron chi connectivity index (χ4n) is 4.15. The molecule has 176 valence electrons. The Morgan fingerprint density at radius 2 is 1.82 bits per heavy atom. The molecule has 0 bridgehead atoms. The minimum atomic E-state index is -2.03. The van der Waals surface area contributed by atoms with Gasteiger partial charge in [0.25, 0.3) is 0 Å². The molecule has 2 N–H and O–H groups in total. The lowest BCUT2D eigenvalue weighted by Gasteiger charge is -2.36. The van der Waals surface area contributed by atoms with E-state index in [1.807, 2.05) is 0 Å². The second-order valence-electron chi connectivity index (χ2n) is 7.68. The molecule has 1 unspecified atom stereocenters. The molecule has 2 aliphatic rings. The zero-order valence-corrected chi connectivity index (χ0v) is 19.1. The van der Waals surface area contributed by atoms with Crippen LogP contribution in [0.1, 0.15) is 33.3 Å². The normalized spacial score (nSPS) is 19.6. The molecule has 10 heteroatoms. The van der Waals surface area contributed by atoms with Crippen LogP contribution in [0.15, 0.2) is 47.1 Å². The summed E-state index contributed by atoms with van der Waals surface area (Å²) in [6.07, 6.45) is -0.526. The van der Waals surface area contributed by atoms with Gasteiger partial charge < -0.3 is 24.7 Å². The molecule has 0 saturated heterocycles. The summed E-state index contributed by atoms with van der Waals surface area (Å²) in [4.78, 5) is 53.8. The molecule has 33 heavy (non-hydrogen) atoms. The number of rotatable bonds is 6. The fourth-order valence-corrected chi connectivity index (χ4v) is 4.15. The highest BCUT2D eigenvalue weighted by Gasteiger charge is 2.64. The summed E-state index contributed by atoms with van der Waals surface area (Å²) in [6.45, 7) is 5.88. The minimum Gasteiger partial charge on any atom is -0.468 e. The Morgan fingerprint density at radius 3 is 2.42 bits per heavy atom. The van der Waals surface area contributed by atoms with Gasteiger partial charge in [-0.25, -0.2) is 9.59 Å². The molecule has 2 aliphatic heterocycles. The van der Waals surface area contributed by atoms with Crippen molar-refractivity contribution in [2.24, 2.45) is 5.73 Å². The Morgan fingerprint density at radius 1 is 1.15 bits per heavy atom. The number of esters is 3. The van der Waals surface area contributed by atoms with E-state index in [2.05, 4.69) is 0 Å². The SMILES string of the molecule is CCOC(=O)C1=C(N)OC(C)=C(C(=O)OC(C)C)C12C(=O)N(CC(=O)OC)c1ccccc12. The molecule has 0 aromatic heterocycles. The first-order valence-electron chi connectivity index (χ1n) is 10.4. The minimum absolute atomic E-state index is 0.00531. The number of nitrogens with two attached hydrogens (primary N) is 1. The Balaban J connectivity index is 2.39. The van der Waals surface area contributed by atoms with E-state index in [1.165, 1.54) is 14.0 Å². The van der Waals surface area contributed by atoms with E-state index in [1.54, 1.807) is 45.0 Å². The maximum absolute atomic E-state index is 14.1. The molecular weight excluding hydrogens is 432 g/mol. The molecule has 1 spiro atoms. The van der Waals surface area contributed by atoms with Gasteiger partial charge in [0.2, 0.25) is 11.8 Å². The number of hydrogen-bond donors (Lipinski definition) is 1. The third kappa shape index (κ3) is 3.71. The van der Waals surface area contributed by atoms with Gasteiger partial charge in [0.15, 0.2) is 0 Å². The lowest BCUT2D eigenvalue weighted by atomic mass is 9.67. The van der Waals surface area contributed by atoms with Crippen molar-refractivity contribution in [3.63, 3.8) is 0 Å². The van der Waals surface area contributed by atoms with Crippen molar-refractivity contribution >= 4 is 29.5 Å². The highest BCUT2D eigenvalue weighted by Crippen LogP contribution is 2.54. The summed E-state index contributed by atoms with van der Waals surface area (Å²) in [7, 11) is 1.19. The van der Waals surface area contributed by atoms with Crippen LogP contribution in [0.25, 0.3) is 0 Å². The van der Waals surface area contributed by atoms with Crippen LogP contribution in [0.5, 0.6) is 0 Å². The van der Waals surface area contributed by atoms with Crippen LogP contribution in [-0.2, 0) is 43.5 Å². The van der Waals surface area contributed by atoms with Crippen LogP contribution in [0.3, 0.4) is 0 Å². The molecule has 1 amide bonds. The molecule has 0 radical (unpaired) electrons. The largest absolute Gasteiger partial charge is 0.468 e. The van der Waals surface area contributed by atoms with Crippen LogP contribution in [0, 0.1) is 0 Å². The Kier molecular flexibility index (Phi) is 6.48. The first-order valence-corrected chi connectivity index (χ1v) is 10.4. The van der Waals surface area contributed by atoms with Crippen molar-refractivity contribution in [1.29, 1.82) is 0 Å². The van der Waals surface area contributed by atoms with Crippen molar-refractivity contribution in [2.75, 3.05) is 25.2 Å². The molecular formula is C23H26N2O8. The molecule has 10 nitrogen and oxygen atoms in total. The number of amides is 1. The third-order valence-electron chi connectivity index (χ3n) is 5.32. The van der Waals surface area contributed by atoms with Gasteiger partial charge in [-0.1, -0.05) is 18.2 Å². The molecule has 3 rings (SSSR count). The van der Waals surface area contributed by atoms with Crippen molar-refractivity contribution in [3.8, 4) is 0 Å². The standard InChI is InChI=1S/C23H26N2O8/c1-6-31-20(27)18-19(24)33-13(4)17(21(28)32-12(2)3)23(18)14-9-7-8-10-15(14)25(22(23)29)11-16(26)30-5/h7-10,12H,6,11,24H2,1-5H3. The van der Waals surface area contributed by atoms with Crippen LogP contribution in [0.4, 0.5) is 5.69 Å². The van der Waals surface area contributed by atoms with Gasteiger partial charge in [0.05, 0.1) is 19.8 Å². The predicted octanol–water partition coefficient (Wildman–Crippen LogP) is 1.43. The third-order valence-corrected chi connectivity index (χ3v) is 5.32. The topological polar surface area (TPSA) is 134 Å². The van der Waals surface area contributed by atoms with Gasteiger partial charge in [-0.15, -0.1) is 0 Å². The van der Waals surface area contributed by atoms with Crippen molar-refractivity contribution in [3.05, 3.63) is 52.6 Å². The summed E-state index contributed by atoms with van der Waals surface area (Å²) >= 11 is 0. The van der Waals surface area contributed by atoms with E-state index in [4.69, 9.17) is 24.7 Å². The number of allylic oxidation sites excluding steroid dienone is 1. The zero-order valence-electron chi connectivity index (χ0n) is 19.1. The number of nitrogens with zero attached hydrogens (tertiary/aromatic N) is 1. The Bertz CT molecular complexity index is 1090. The molecule has 0 fully saturated rings. The van der Waals surface area contributed by atoms with Crippen molar-refractivity contribution < 1.29 is 38.1 Å². The van der Waals surface area contributed by atoms with Gasteiger partial charge in [-0.05, 0) is 33.8 Å². The lowest BCUT2D eigenvalue weighted by molar-refractivity contribution is -0.146. The van der Waals surface area contributed by atoms with Gasteiger partial charge in [-0.2, -0.15) is 0 Å². The number of fused-ring (bicyclic) bond motifs is 2. The molecule has 1 aromatic rings. The first kappa shape index (κ1) is 23.8. The average Bonchev–Trinajstić information content (AvgIpc) is 2.96. The summed E-state index contributed by atoms with van der Waals surface area (Å²) in [5, 5.41) is 0. The van der Waals surface area contributed by atoms with E-state index in [9.17, 15) is 19.2 Å². The van der Waals surface area contributed by atoms with Gasteiger partial charge in [-0.3, -0.25) is 14.5 Å². The van der Waals surface area contributed by atoms with Crippen molar-refractivity contribution in [2.45, 2.75) is 39.2 Å². The quantitative estimate of drug-likeness (QED) is 0.496. The molecule has 0 saturated carbocycles. The molecule has 1 atom stereocenters. The second-order valence-corrected chi connectivity index (χ2v) is 7.68. The Labute approximate surface area is 190 Å². The van der Waals surface area contributed by atoms with E-state index in [0.717, 1.165) is 4.90 Å². The summed E-state index contributed by atoms with van der Waals surface area (Å²) in [6, 6.07) is 6.48. The van der Waals surface area contributed by atoms with Gasteiger partial charge >= 0.3 is 17.9 Å².